The van der Waals surface area contributed by atoms with Crippen LogP contribution in [-0.4, -0.2) is 34.8 Å². The summed E-state index contributed by atoms with van der Waals surface area (Å²) >= 11 is 1.08. The van der Waals surface area contributed by atoms with Gasteiger partial charge in [0.1, 0.15) is 5.25 Å². The van der Waals surface area contributed by atoms with Gasteiger partial charge in [0.2, 0.25) is 5.91 Å². The van der Waals surface area contributed by atoms with Gasteiger partial charge in [-0.3, -0.25) is 9.59 Å². The molecule has 22 heavy (non-hydrogen) atoms. The first-order valence-electron chi connectivity index (χ1n) is 6.61. The molecule has 0 fully saturated rings. The van der Waals surface area contributed by atoms with Crippen LogP contribution in [0.1, 0.15) is 23.7 Å². The molecule has 0 radical (unpaired) electrons. The van der Waals surface area contributed by atoms with E-state index in [1.54, 1.807) is 31.2 Å². The van der Waals surface area contributed by atoms with Gasteiger partial charge >= 0.3 is 5.97 Å². The van der Waals surface area contributed by atoms with Gasteiger partial charge in [0.05, 0.1) is 12.2 Å². The summed E-state index contributed by atoms with van der Waals surface area (Å²) in [7, 11) is 0. The van der Waals surface area contributed by atoms with Crippen molar-refractivity contribution in [3.8, 4) is 0 Å². The lowest BCUT2D eigenvalue weighted by atomic mass is 10.2. The number of nitrogens with zero attached hydrogens (tertiary/aromatic N) is 1. The smallest absolute Gasteiger partial charge is 0.338 e. The van der Waals surface area contributed by atoms with Crippen molar-refractivity contribution in [2.45, 2.75) is 18.6 Å². The Morgan fingerprint density at radius 3 is 2.59 bits per heavy atom. The number of hydrogen-bond donors (Lipinski definition) is 2. The fourth-order valence-corrected chi connectivity index (χ4v) is 2.64. The van der Waals surface area contributed by atoms with Crippen molar-refractivity contribution < 1.29 is 19.1 Å². The number of rotatable bonds is 5. The molecule has 1 heterocycles. The summed E-state index contributed by atoms with van der Waals surface area (Å²) < 4.78 is 4.87. The summed E-state index contributed by atoms with van der Waals surface area (Å²) in [4.78, 5) is 38.4. The van der Waals surface area contributed by atoms with E-state index in [0.717, 1.165) is 11.8 Å². The molecule has 0 bridgehead atoms. The first-order chi connectivity index (χ1) is 10.5. The Bertz CT molecular complexity index is 627. The Morgan fingerprint density at radius 2 is 2.05 bits per heavy atom. The molecule has 1 aromatic rings. The third-order valence-electron chi connectivity index (χ3n) is 2.81. The largest absolute Gasteiger partial charge is 0.462 e. The van der Waals surface area contributed by atoms with Crippen LogP contribution in [0.5, 0.6) is 0 Å². The second-order valence-electron chi connectivity index (χ2n) is 4.44. The molecule has 3 N–H and O–H groups in total. The summed E-state index contributed by atoms with van der Waals surface area (Å²) in [6.07, 6.45) is -0.00662. The number of amides is 2. The zero-order valence-electron chi connectivity index (χ0n) is 11.9. The van der Waals surface area contributed by atoms with E-state index < -0.39 is 17.1 Å². The van der Waals surface area contributed by atoms with Gasteiger partial charge in [-0.2, -0.15) is 4.99 Å². The zero-order valence-corrected chi connectivity index (χ0v) is 12.7. The minimum atomic E-state index is -0.571. The van der Waals surface area contributed by atoms with E-state index in [0.29, 0.717) is 17.9 Å². The lowest BCUT2D eigenvalue weighted by molar-refractivity contribution is -0.121. The van der Waals surface area contributed by atoms with Crippen LogP contribution in [0.25, 0.3) is 0 Å². The number of thioether (sulfide) groups is 1. The second-order valence-corrected chi connectivity index (χ2v) is 5.67. The maximum atomic E-state index is 11.9. The Balaban J connectivity index is 1.89. The molecule has 1 atom stereocenters. The predicted octanol–water partition coefficient (Wildman–Crippen LogP) is 1.15. The Labute approximate surface area is 131 Å². The standard InChI is InChI=1S/C14H15N3O4S/c1-2-21-13(20)8-3-5-9(6-4-8)16-11(18)7-10-12(19)17-14(15)22-10/h3-6,10H,2,7H2,1H3,(H,16,18)(H2,15,17,19)/t10-/m0/s1. The van der Waals surface area contributed by atoms with Crippen LogP contribution >= 0.6 is 11.8 Å². The lowest BCUT2D eigenvalue weighted by Gasteiger charge is -2.08. The number of esters is 1. The van der Waals surface area contributed by atoms with E-state index in [1.807, 2.05) is 0 Å². The molecular formula is C14H15N3O4S. The maximum Gasteiger partial charge on any atom is 0.338 e. The number of ether oxygens (including phenoxy) is 1. The first kappa shape index (κ1) is 16.0. The third-order valence-corrected chi connectivity index (χ3v) is 3.80. The van der Waals surface area contributed by atoms with Crippen LogP contribution in [0, 0.1) is 0 Å². The van der Waals surface area contributed by atoms with Crippen molar-refractivity contribution in [2.75, 3.05) is 11.9 Å². The summed E-state index contributed by atoms with van der Waals surface area (Å²) in [5.41, 5.74) is 6.37. The van der Waals surface area contributed by atoms with Crippen molar-refractivity contribution in [3.63, 3.8) is 0 Å². The molecule has 116 valence electrons. The molecule has 1 aromatic carbocycles. The van der Waals surface area contributed by atoms with Gasteiger partial charge in [0.15, 0.2) is 5.17 Å². The molecule has 7 nitrogen and oxygen atoms in total. The highest BCUT2D eigenvalue weighted by atomic mass is 32.2. The maximum absolute atomic E-state index is 11.9. The zero-order chi connectivity index (χ0) is 16.1. The van der Waals surface area contributed by atoms with Crippen molar-refractivity contribution in [3.05, 3.63) is 29.8 Å². The number of amidine groups is 1. The Kier molecular flexibility index (Phi) is 5.16. The third kappa shape index (κ3) is 4.08. The minimum absolute atomic E-state index is 0.00662. The minimum Gasteiger partial charge on any atom is -0.462 e. The molecule has 1 aliphatic heterocycles. The summed E-state index contributed by atoms with van der Waals surface area (Å²) in [5, 5.41) is 2.27. The van der Waals surface area contributed by atoms with Gasteiger partial charge in [-0.25, -0.2) is 4.79 Å². The summed E-state index contributed by atoms with van der Waals surface area (Å²) in [6, 6.07) is 6.31. The van der Waals surface area contributed by atoms with Gasteiger partial charge in [-0.15, -0.1) is 0 Å². The molecule has 8 heteroatoms. The van der Waals surface area contributed by atoms with Crippen molar-refractivity contribution >= 4 is 40.4 Å². The van der Waals surface area contributed by atoms with Crippen LogP contribution < -0.4 is 11.1 Å². The highest BCUT2D eigenvalue weighted by molar-refractivity contribution is 8.15. The predicted molar refractivity (Wildman–Crippen MR) is 83.7 cm³/mol. The molecule has 0 aromatic heterocycles. The molecule has 0 saturated carbocycles. The summed E-state index contributed by atoms with van der Waals surface area (Å²) in [6.45, 7) is 2.03. The summed E-state index contributed by atoms with van der Waals surface area (Å²) in [5.74, 6) is -1.13. The number of nitrogens with one attached hydrogen (secondary N) is 1. The van der Waals surface area contributed by atoms with Crippen molar-refractivity contribution in [1.82, 2.24) is 0 Å². The number of carbonyl (C=O) groups excluding carboxylic acids is 3. The molecule has 0 spiro atoms. The van der Waals surface area contributed by atoms with Crippen LogP contribution in [0.2, 0.25) is 0 Å². The fourth-order valence-electron chi connectivity index (χ4n) is 1.82. The van der Waals surface area contributed by atoms with E-state index in [9.17, 15) is 14.4 Å². The highest BCUT2D eigenvalue weighted by Gasteiger charge is 2.29. The normalized spacial score (nSPS) is 17.0. The number of hydrogen-bond acceptors (Lipinski definition) is 6. The monoisotopic (exact) mass is 321 g/mol. The lowest BCUT2D eigenvalue weighted by Crippen LogP contribution is -2.21. The second kappa shape index (κ2) is 7.08. The Morgan fingerprint density at radius 1 is 1.36 bits per heavy atom. The molecule has 2 amide bonds. The highest BCUT2D eigenvalue weighted by Crippen LogP contribution is 2.23. The van der Waals surface area contributed by atoms with Crippen molar-refractivity contribution in [1.29, 1.82) is 0 Å². The molecule has 0 unspecified atom stereocenters. The molecule has 0 aliphatic carbocycles. The van der Waals surface area contributed by atoms with Gasteiger partial charge < -0.3 is 15.8 Å². The molecule has 0 saturated heterocycles. The topological polar surface area (TPSA) is 111 Å². The quantitative estimate of drug-likeness (QED) is 0.787. The number of anilines is 1. The van der Waals surface area contributed by atoms with Gasteiger partial charge in [0, 0.05) is 12.1 Å². The van der Waals surface area contributed by atoms with Crippen molar-refractivity contribution in [2.24, 2.45) is 10.7 Å². The average molecular weight is 321 g/mol. The van der Waals surface area contributed by atoms with Gasteiger partial charge in [-0.1, -0.05) is 11.8 Å². The van der Waals surface area contributed by atoms with Crippen LogP contribution in [-0.2, 0) is 14.3 Å². The van der Waals surface area contributed by atoms with E-state index >= 15 is 0 Å². The number of carbonyl (C=O) groups is 3. The van der Waals surface area contributed by atoms with E-state index in [4.69, 9.17) is 10.5 Å². The molecule has 2 rings (SSSR count). The van der Waals surface area contributed by atoms with Crippen LogP contribution in [0.4, 0.5) is 5.69 Å². The average Bonchev–Trinajstić information content (AvgIpc) is 2.77. The molecular weight excluding hydrogens is 306 g/mol. The van der Waals surface area contributed by atoms with E-state index in [-0.39, 0.29) is 17.5 Å². The molecule has 1 aliphatic rings. The number of nitrogens with two attached hydrogens (primary N) is 1. The number of benzene rings is 1. The first-order valence-corrected chi connectivity index (χ1v) is 7.49. The van der Waals surface area contributed by atoms with E-state index in [2.05, 4.69) is 10.3 Å². The number of aliphatic imine (C=N–C) groups is 1. The SMILES string of the molecule is CCOC(=O)c1ccc(NC(=O)C[C@@H]2SC(N)=NC2=O)cc1. The van der Waals surface area contributed by atoms with Crippen LogP contribution in [0.3, 0.4) is 0 Å². The fraction of sp³-hybridized carbons (Fsp3) is 0.286. The Hall–Kier alpha value is -2.35. The van der Waals surface area contributed by atoms with Crippen LogP contribution in [0.15, 0.2) is 29.3 Å². The van der Waals surface area contributed by atoms with Gasteiger partial charge in [-0.05, 0) is 31.2 Å². The van der Waals surface area contributed by atoms with E-state index in [1.165, 1.54) is 0 Å². The van der Waals surface area contributed by atoms with Gasteiger partial charge in [0.25, 0.3) is 5.91 Å².